The molecule has 2 fully saturated rings. The first-order valence-electron chi connectivity index (χ1n) is 8.80. The van der Waals surface area contributed by atoms with Crippen molar-refractivity contribution in [3.05, 3.63) is 58.2 Å². The molecule has 2 saturated heterocycles. The highest BCUT2D eigenvalue weighted by molar-refractivity contribution is 14.1. The summed E-state index contributed by atoms with van der Waals surface area (Å²) in [6.07, 6.45) is 0.274. The van der Waals surface area contributed by atoms with Crippen molar-refractivity contribution in [1.29, 1.82) is 0 Å². The van der Waals surface area contributed by atoms with Gasteiger partial charge < -0.3 is 4.90 Å². The molecule has 2 aliphatic heterocycles. The highest BCUT2D eigenvalue weighted by Crippen LogP contribution is 2.27. The summed E-state index contributed by atoms with van der Waals surface area (Å²) in [7, 11) is 0. The summed E-state index contributed by atoms with van der Waals surface area (Å²) in [6.45, 7) is 3.31. The number of nitrogens with zero attached hydrogens (tertiary/aromatic N) is 3. The molecule has 2 aliphatic rings. The van der Waals surface area contributed by atoms with Crippen LogP contribution in [0.1, 0.15) is 6.42 Å². The van der Waals surface area contributed by atoms with Crippen LogP contribution < -0.4 is 9.80 Å². The van der Waals surface area contributed by atoms with E-state index in [1.165, 1.54) is 10.6 Å². The van der Waals surface area contributed by atoms with E-state index in [9.17, 15) is 9.59 Å². The summed E-state index contributed by atoms with van der Waals surface area (Å²) < 4.78 is 1.08. The van der Waals surface area contributed by atoms with Crippen LogP contribution in [0.5, 0.6) is 0 Å². The van der Waals surface area contributed by atoms with Crippen molar-refractivity contribution in [2.45, 2.75) is 12.5 Å². The molecule has 0 aliphatic carbocycles. The molecular formula is C20H20IN3O2. The van der Waals surface area contributed by atoms with E-state index < -0.39 is 0 Å². The molecule has 6 heteroatoms. The topological polar surface area (TPSA) is 43.9 Å². The number of carbonyl (C=O) groups is 2. The zero-order chi connectivity index (χ0) is 18.1. The summed E-state index contributed by atoms with van der Waals surface area (Å²) in [5, 5.41) is 0. The Bertz CT molecular complexity index is 802. The third-order valence-electron chi connectivity index (χ3n) is 5.08. The van der Waals surface area contributed by atoms with Gasteiger partial charge in [-0.3, -0.25) is 14.5 Å². The van der Waals surface area contributed by atoms with Gasteiger partial charge in [0.05, 0.1) is 18.2 Å². The van der Waals surface area contributed by atoms with Gasteiger partial charge in [-0.15, -0.1) is 0 Å². The van der Waals surface area contributed by atoms with Crippen molar-refractivity contribution < 1.29 is 9.59 Å². The predicted molar refractivity (Wildman–Crippen MR) is 110 cm³/mol. The summed E-state index contributed by atoms with van der Waals surface area (Å²) in [6, 6.07) is 17.5. The van der Waals surface area contributed by atoms with Crippen LogP contribution in [0.2, 0.25) is 0 Å². The molecule has 26 heavy (non-hydrogen) atoms. The predicted octanol–water partition coefficient (Wildman–Crippen LogP) is 2.75. The van der Waals surface area contributed by atoms with Crippen molar-refractivity contribution in [1.82, 2.24) is 4.90 Å². The number of imide groups is 1. The minimum atomic E-state index is -0.334. The molecule has 4 rings (SSSR count). The highest BCUT2D eigenvalue weighted by atomic mass is 127. The van der Waals surface area contributed by atoms with Crippen molar-refractivity contribution in [2.24, 2.45) is 0 Å². The van der Waals surface area contributed by atoms with E-state index in [1.54, 1.807) is 0 Å². The Hall–Kier alpha value is -1.93. The largest absolute Gasteiger partial charge is 0.369 e. The van der Waals surface area contributed by atoms with E-state index in [0.29, 0.717) is 5.69 Å². The van der Waals surface area contributed by atoms with Crippen molar-refractivity contribution >= 4 is 45.8 Å². The molecule has 0 saturated carbocycles. The Kier molecular flexibility index (Phi) is 4.95. The van der Waals surface area contributed by atoms with Crippen molar-refractivity contribution in [2.75, 3.05) is 36.0 Å². The van der Waals surface area contributed by atoms with Gasteiger partial charge in [0.25, 0.3) is 5.91 Å². The summed E-state index contributed by atoms with van der Waals surface area (Å²) in [4.78, 5) is 31.2. The van der Waals surface area contributed by atoms with E-state index in [2.05, 4.69) is 44.5 Å². The van der Waals surface area contributed by atoms with Gasteiger partial charge in [0.2, 0.25) is 5.91 Å². The Labute approximate surface area is 166 Å². The van der Waals surface area contributed by atoms with Gasteiger partial charge in [-0.2, -0.15) is 0 Å². The minimum Gasteiger partial charge on any atom is -0.369 e. The van der Waals surface area contributed by atoms with Gasteiger partial charge in [-0.1, -0.05) is 18.2 Å². The molecule has 134 valence electrons. The Morgan fingerprint density at radius 2 is 1.46 bits per heavy atom. The molecule has 0 N–H and O–H groups in total. The molecule has 0 spiro atoms. The summed E-state index contributed by atoms with van der Waals surface area (Å²) in [5.41, 5.74) is 1.88. The summed E-state index contributed by atoms with van der Waals surface area (Å²) in [5.74, 6) is -0.198. The Morgan fingerprint density at radius 1 is 0.808 bits per heavy atom. The second kappa shape index (κ2) is 7.36. The quantitative estimate of drug-likeness (QED) is 0.521. The van der Waals surface area contributed by atoms with Crippen LogP contribution in [0.4, 0.5) is 11.4 Å². The Balaban J connectivity index is 1.44. The lowest BCUT2D eigenvalue weighted by atomic mass is 10.1. The maximum atomic E-state index is 12.9. The number of benzene rings is 2. The molecule has 2 heterocycles. The van der Waals surface area contributed by atoms with Crippen LogP contribution in [0, 0.1) is 3.57 Å². The SMILES string of the molecule is O=C1C[C@H](N2CCN(c3ccccc3)CC2)C(=O)N1c1ccc(I)cc1. The molecule has 0 radical (unpaired) electrons. The van der Waals surface area contributed by atoms with Gasteiger partial charge in [0, 0.05) is 35.4 Å². The average molecular weight is 461 g/mol. The van der Waals surface area contributed by atoms with E-state index >= 15 is 0 Å². The lowest BCUT2D eigenvalue weighted by Crippen LogP contribution is -2.52. The average Bonchev–Trinajstić information content (AvgIpc) is 2.98. The lowest BCUT2D eigenvalue weighted by molar-refractivity contribution is -0.123. The van der Waals surface area contributed by atoms with Crippen LogP contribution >= 0.6 is 22.6 Å². The first kappa shape index (κ1) is 17.5. The lowest BCUT2D eigenvalue weighted by Gasteiger charge is -2.38. The molecule has 0 bridgehead atoms. The summed E-state index contributed by atoms with van der Waals surface area (Å²) >= 11 is 2.21. The van der Waals surface area contributed by atoms with Crippen molar-refractivity contribution in [3.63, 3.8) is 0 Å². The van der Waals surface area contributed by atoms with Crippen LogP contribution in [0.3, 0.4) is 0 Å². The molecule has 2 aromatic carbocycles. The molecular weight excluding hydrogens is 441 g/mol. The third-order valence-corrected chi connectivity index (χ3v) is 5.80. The number of halogens is 1. The minimum absolute atomic E-state index is 0.0932. The normalized spacial score (nSPS) is 21.5. The van der Waals surface area contributed by atoms with E-state index in [1.807, 2.05) is 42.5 Å². The fraction of sp³-hybridized carbons (Fsp3) is 0.300. The second-order valence-electron chi connectivity index (χ2n) is 6.62. The van der Waals surface area contributed by atoms with Crippen LogP contribution in [0.15, 0.2) is 54.6 Å². The monoisotopic (exact) mass is 461 g/mol. The number of rotatable bonds is 3. The van der Waals surface area contributed by atoms with Gasteiger partial charge in [-0.25, -0.2) is 4.90 Å². The number of piperazine rings is 1. The fourth-order valence-electron chi connectivity index (χ4n) is 3.69. The first-order valence-corrected chi connectivity index (χ1v) is 9.88. The van der Waals surface area contributed by atoms with Crippen LogP contribution in [-0.2, 0) is 9.59 Å². The number of amides is 2. The van der Waals surface area contributed by atoms with Gasteiger partial charge in [-0.05, 0) is 59.0 Å². The number of anilines is 2. The van der Waals surface area contributed by atoms with E-state index in [-0.39, 0.29) is 24.3 Å². The molecule has 2 amide bonds. The maximum Gasteiger partial charge on any atom is 0.251 e. The third kappa shape index (κ3) is 3.35. The van der Waals surface area contributed by atoms with Crippen molar-refractivity contribution in [3.8, 4) is 0 Å². The first-order chi connectivity index (χ1) is 12.6. The smallest absolute Gasteiger partial charge is 0.251 e. The zero-order valence-corrected chi connectivity index (χ0v) is 16.5. The van der Waals surface area contributed by atoms with Crippen LogP contribution in [0.25, 0.3) is 0 Å². The highest BCUT2D eigenvalue weighted by Gasteiger charge is 2.43. The number of hydrogen-bond acceptors (Lipinski definition) is 4. The molecule has 0 unspecified atom stereocenters. The van der Waals surface area contributed by atoms with Gasteiger partial charge in [0.15, 0.2) is 0 Å². The van der Waals surface area contributed by atoms with E-state index in [0.717, 1.165) is 29.7 Å². The second-order valence-corrected chi connectivity index (χ2v) is 7.87. The van der Waals surface area contributed by atoms with Crippen LogP contribution in [-0.4, -0.2) is 48.9 Å². The molecule has 0 aromatic heterocycles. The maximum absolute atomic E-state index is 12.9. The molecule has 5 nitrogen and oxygen atoms in total. The molecule has 2 aromatic rings. The number of carbonyl (C=O) groups excluding carboxylic acids is 2. The van der Waals surface area contributed by atoms with Gasteiger partial charge >= 0.3 is 0 Å². The van der Waals surface area contributed by atoms with E-state index in [4.69, 9.17) is 0 Å². The van der Waals surface area contributed by atoms with Gasteiger partial charge in [0.1, 0.15) is 0 Å². The fourth-order valence-corrected chi connectivity index (χ4v) is 4.05. The Morgan fingerprint density at radius 3 is 2.12 bits per heavy atom. The number of hydrogen-bond donors (Lipinski definition) is 0. The zero-order valence-electron chi connectivity index (χ0n) is 14.3. The number of para-hydroxylation sites is 1. The standard InChI is InChI=1S/C20H20IN3O2/c21-15-6-8-17(9-7-15)24-19(25)14-18(20(24)26)23-12-10-22(11-13-23)16-4-2-1-3-5-16/h1-9,18H,10-14H2/t18-/m0/s1. The molecule has 1 atom stereocenters.